The number of carbonyl (C=O) groups excluding carboxylic acids is 1. The maximum atomic E-state index is 13.2. The molecule has 0 radical (unpaired) electrons. The van der Waals surface area contributed by atoms with Crippen LogP contribution in [0.25, 0.3) is 0 Å². The third kappa shape index (κ3) is 2.50. The molecule has 0 spiro atoms. The van der Waals surface area contributed by atoms with Crippen LogP contribution >= 0.6 is 0 Å². The first-order valence-corrected chi connectivity index (χ1v) is 5.20. The number of aromatic nitrogens is 3. The van der Waals surface area contributed by atoms with Crippen LogP contribution in [-0.2, 0) is 4.79 Å². The summed E-state index contributed by atoms with van der Waals surface area (Å²) in [6.07, 6.45) is 3.15. The van der Waals surface area contributed by atoms with Gasteiger partial charge in [-0.1, -0.05) is 0 Å². The minimum Gasteiger partial charge on any atom is -0.320 e. The van der Waals surface area contributed by atoms with Gasteiger partial charge in [0, 0.05) is 12.4 Å². The summed E-state index contributed by atoms with van der Waals surface area (Å²) in [6.45, 7) is 1.61. The van der Waals surface area contributed by atoms with E-state index in [-0.39, 0.29) is 5.69 Å². The Morgan fingerprint density at radius 3 is 2.83 bits per heavy atom. The summed E-state index contributed by atoms with van der Waals surface area (Å²) in [7, 11) is 0. The predicted octanol–water partition coefficient (Wildman–Crippen LogP) is 1.76. The summed E-state index contributed by atoms with van der Waals surface area (Å²) in [6, 6.07) is 3.15. The molecule has 0 aromatic carbocycles. The molecule has 94 valence electrons. The van der Waals surface area contributed by atoms with Crippen molar-refractivity contribution in [2.24, 2.45) is 0 Å². The summed E-state index contributed by atoms with van der Waals surface area (Å²) in [5.74, 6) is -2.47. The Hall–Kier alpha value is -2.31. The van der Waals surface area contributed by atoms with Crippen LogP contribution in [0.4, 0.5) is 14.5 Å². The van der Waals surface area contributed by atoms with Crippen molar-refractivity contribution < 1.29 is 13.6 Å². The second-order valence-corrected chi connectivity index (χ2v) is 3.62. The zero-order valence-electron chi connectivity index (χ0n) is 9.47. The van der Waals surface area contributed by atoms with Crippen molar-refractivity contribution in [3.63, 3.8) is 0 Å². The summed E-state index contributed by atoms with van der Waals surface area (Å²) in [4.78, 5) is 14.8. The maximum absolute atomic E-state index is 13.2. The Kier molecular flexibility index (Phi) is 3.31. The van der Waals surface area contributed by atoms with E-state index in [0.717, 1.165) is 12.1 Å². The molecule has 0 fully saturated rings. The second-order valence-electron chi connectivity index (χ2n) is 3.62. The molecule has 18 heavy (non-hydrogen) atoms. The Bertz CT molecular complexity index is 556. The van der Waals surface area contributed by atoms with Crippen LogP contribution in [0.15, 0.2) is 30.6 Å². The lowest BCUT2D eigenvalue weighted by atomic mass is 10.3. The molecule has 2 aromatic rings. The first-order valence-electron chi connectivity index (χ1n) is 5.20. The average molecular weight is 252 g/mol. The standard InChI is InChI=1S/C11H10F2N4O/c1-7(17-6-2-5-14-17)11(18)15-8-3-4-9(12)16-10(8)13/h2-7H,1H3,(H,15,18). The van der Waals surface area contributed by atoms with Crippen molar-refractivity contribution in [1.29, 1.82) is 0 Å². The summed E-state index contributed by atoms with van der Waals surface area (Å²) < 4.78 is 27.2. The molecule has 1 amide bonds. The molecule has 1 N–H and O–H groups in total. The lowest BCUT2D eigenvalue weighted by Crippen LogP contribution is -2.24. The van der Waals surface area contributed by atoms with Gasteiger partial charge in [0.05, 0.1) is 5.69 Å². The maximum Gasteiger partial charge on any atom is 0.249 e. The minimum atomic E-state index is -1.06. The fourth-order valence-corrected chi connectivity index (χ4v) is 1.37. The normalized spacial score (nSPS) is 12.2. The van der Waals surface area contributed by atoms with E-state index in [2.05, 4.69) is 15.4 Å². The number of pyridine rings is 1. The van der Waals surface area contributed by atoms with Crippen LogP contribution in [0.2, 0.25) is 0 Å². The average Bonchev–Trinajstić information content (AvgIpc) is 2.85. The zero-order chi connectivity index (χ0) is 13.1. The molecule has 5 nitrogen and oxygen atoms in total. The van der Waals surface area contributed by atoms with Crippen LogP contribution in [0.1, 0.15) is 13.0 Å². The molecule has 2 rings (SSSR count). The van der Waals surface area contributed by atoms with Crippen LogP contribution in [0.5, 0.6) is 0 Å². The van der Waals surface area contributed by atoms with Gasteiger partial charge in [-0.3, -0.25) is 9.48 Å². The molecule has 0 saturated carbocycles. The Balaban J connectivity index is 2.12. The number of hydrogen-bond acceptors (Lipinski definition) is 3. The number of nitrogens with one attached hydrogen (secondary N) is 1. The highest BCUT2D eigenvalue weighted by atomic mass is 19.1. The van der Waals surface area contributed by atoms with E-state index in [9.17, 15) is 13.6 Å². The molecule has 0 bridgehead atoms. The van der Waals surface area contributed by atoms with Crippen molar-refractivity contribution in [1.82, 2.24) is 14.8 Å². The van der Waals surface area contributed by atoms with Gasteiger partial charge in [0.1, 0.15) is 6.04 Å². The van der Waals surface area contributed by atoms with Gasteiger partial charge in [0.2, 0.25) is 17.8 Å². The summed E-state index contributed by atoms with van der Waals surface area (Å²) in [5, 5.41) is 6.22. The molecule has 2 aromatic heterocycles. The van der Waals surface area contributed by atoms with E-state index in [4.69, 9.17) is 0 Å². The van der Waals surface area contributed by atoms with Crippen molar-refractivity contribution in [3.8, 4) is 0 Å². The van der Waals surface area contributed by atoms with Crippen LogP contribution in [-0.4, -0.2) is 20.7 Å². The lowest BCUT2D eigenvalue weighted by molar-refractivity contribution is -0.119. The van der Waals surface area contributed by atoms with E-state index in [1.807, 2.05) is 0 Å². The first kappa shape index (κ1) is 12.2. The number of anilines is 1. The molecular formula is C11H10F2N4O. The molecule has 1 atom stereocenters. The molecule has 7 heteroatoms. The Morgan fingerprint density at radius 2 is 2.22 bits per heavy atom. The minimum absolute atomic E-state index is 0.166. The summed E-state index contributed by atoms with van der Waals surface area (Å²) in [5.41, 5.74) is -0.166. The molecular weight excluding hydrogens is 242 g/mol. The van der Waals surface area contributed by atoms with Gasteiger partial charge in [-0.15, -0.1) is 0 Å². The predicted molar refractivity (Wildman–Crippen MR) is 59.7 cm³/mol. The third-order valence-electron chi connectivity index (χ3n) is 2.37. The van der Waals surface area contributed by atoms with E-state index >= 15 is 0 Å². The van der Waals surface area contributed by atoms with Gasteiger partial charge in [-0.05, 0) is 25.1 Å². The SMILES string of the molecule is CC(C(=O)Nc1ccc(F)nc1F)n1cccn1. The molecule has 0 aliphatic carbocycles. The monoisotopic (exact) mass is 252 g/mol. The Labute approximate surface area is 101 Å². The largest absolute Gasteiger partial charge is 0.320 e. The number of rotatable bonds is 3. The van der Waals surface area contributed by atoms with E-state index in [1.165, 1.54) is 10.9 Å². The van der Waals surface area contributed by atoms with Crippen LogP contribution in [0.3, 0.4) is 0 Å². The molecule has 2 heterocycles. The van der Waals surface area contributed by atoms with Crippen molar-refractivity contribution in [2.45, 2.75) is 13.0 Å². The molecule has 0 aliphatic heterocycles. The molecule has 1 unspecified atom stereocenters. The van der Waals surface area contributed by atoms with Gasteiger partial charge >= 0.3 is 0 Å². The van der Waals surface area contributed by atoms with Gasteiger partial charge < -0.3 is 5.32 Å². The van der Waals surface area contributed by atoms with Gasteiger partial charge in [-0.25, -0.2) is 0 Å². The highest BCUT2D eigenvalue weighted by Crippen LogP contribution is 2.14. The lowest BCUT2D eigenvalue weighted by Gasteiger charge is -2.12. The zero-order valence-corrected chi connectivity index (χ0v) is 9.47. The second kappa shape index (κ2) is 4.91. The van der Waals surface area contributed by atoms with Crippen molar-refractivity contribution >= 4 is 11.6 Å². The van der Waals surface area contributed by atoms with E-state index in [0.29, 0.717) is 0 Å². The van der Waals surface area contributed by atoms with E-state index in [1.54, 1.807) is 19.2 Å². The molecule has 0 saturated heterocycles. The van der Waals surface area contributed by atoms with Crippen molar-refractivity contribution in [2.75, 3.05) is 5.32 Å². The van der Waals surface area contributed by atoms with Crippen molar-refractivity contribution in [3.05, 3.63) is 42.5 Å². The fourth-order valence-electron chi connectivity index (χ4n) is 1.37. The number of amides is 1. The Morgan fingerprint density at radius 1 is 1.44 bits per heavy atom. The van der Waals surface area contributed by atoms with Crippen LogP contribution < -0.4 is 5.32 Å². The quantitative estimate of drug-likeness (QED) is 0.847. The number of nitrogens with zero attached hydrogens (tertiary/aromatic N) is 3. The smallest absolute Gasteiger partial charge is 0.249 e. The van der Waals surface area contributed by atoms with Crippen LogP contribution in [0, 0.1) is 11.9 Å². The number of hydrogen-bond donors (Lipinski definition) is 1. The highest BCUT2D eigenvalue weighted by molar-refractivity contribution is 5.93. The third-order valence-corrected chi connectivity index (χ3v) is 2.37. The number of carbonyl (C=O) groups is 1. The molecule has 0 aliphatic rings. The topological polar surface area (TPSA) is 59.8 Å². The van der Waals surface area contributed by atoms with Gasteiger partial charge in [-0.2, -0.15) is 18.9 Å². The number of halogens is 2. The van der Waals surface area contributed by atoms with Gasteiger partial charge in [0.15, 0.2) is 0 Å². The van der Waals surface area contributed by atoms with E-state index < -0.39 is 23.8 Å². The van der Waals surface area contributed by atoms with Gasteiger partial charge in [0.25, 0.3) is 0 Å². The summed E-state index contributed by atoms with van der Waals surface area (Å²) >= 11 is 0. The fraction of sp³-hybridized carbons (Fsp3) is 0.182. The first-order chi connectivity index (χ1) is 8.58. The highest BCUT2D eigenvalue weighted by Gasteiger charge is 2.17.